The van der Waals surface area contributed by atoms with Crippen molar-refractivity contribution in [2.45, 2.75) is 43.7 Å². The van der Waals surface area contributed by atoms with E-state index in [0.717, 1.165) is 41.7 Å². The average Bonchev–Trinajstić information content (AvgIpc) is 3.38. The summed E-state index contributed by atoms with van der Waals surface area (Å²) in [4.78, 5) is 12.6. The maximum Gasteiger partial charge on any atom is 0.308 e. The lowest BCUT2D eigenvalue weighted by atomic mass is 10.0. The average molecular weight is 499 g/mol. The molecule has 1 atom stereocenters. The van der Waals surface area contributed by atoms with E-state index in [1.165, 1.54) is 11.1 Å². The van der Waals surface area contributed by atoms with E-state index in [-0.39, 0.29) is 15.8 Å². The monoisotopic (exact) mass is 498 g/mol. The van der Waals surface area contributed by atoms with Crippen LogP contribution < -0.4 is 9.60 Å². The van der Waals surface area contributed by atoms with E-state index in [4.69, 9.17) is 11.6 Å². The number of fused-ring (bicyclic) bond motifs is 2. The van der Waals surface area contributed by atoms with E-state index < -0.39 is 10.0 Å². The second-order valence-electron chi connectivity index (χ2n) is 8.40. The zero-order chi connectivity index (χ0) is 23.2. The Kier molecular flexibility index (Phi) is 5.91. The summed E-state index contributed by atoms with van der Waals surface area (Å²) in [7, 11) is -3.76. The minimum atomic E-state index is -3.76. The summed E-state index contributed by atoms with van der Waals surface area (Å²) >= 11 is 7.30. The molecular formula is C25H23ClN2O3S2. The van der Waals surface area contributed by atoms with Gasteiger partial charge in [-0.25, -0.2) is 13.1 Å². The molecule has 0 fully saturated rings. The van der Waals surface area contributed by atoms with Crippen molar-refractivity contribution in [3.63, 3.8) is 0 Å². The molecule has 0 radical (unpaired) electrons. The Morgan fingerprint density at radius 1 is 1.06 bits per heavy atom. The van der Waals surface area contributed by atoms with Gasteiger partial charge in [0.05, 0.1) is 21.7 Å². The first-order valence-electron chi connectivity index (χ1n) is 10.8. The highest BCUT2D eigenvalue weighted by molar-refractivity contribution is 7.89. The fourth-order valence-corrected chi connectivity index (χ4v) is 6.85. The lowest BCUT2D eigenvalue weighted by Crippen LogP contribution is -2.27. The third kappa shape index (κ3) is 4.38. The van der Waals surface area contributed by atoms with Crippen molar-refractivity contribution in [3.8, 4) is 0 Å². The highest BCUT2D eigenvalue weighted by Crippen LogP contribution is 2.28. The van der Waals surface area contributed by atoms with Crippen LogP contribution >= 0.6 is 22.9 Å². The second-order valence-corrected chi connectivity index (χ2v) is 11.5. The number of sulfonamides is 1. The third-order valence-electron chi connectivity index (χ3n) is 6.19. The molecule has 1 aromatic heterocycles. The molecule has 1 aliphatic carbocycles. The maximum atomic E-state index is 13.1. The molecule has 0 saturated carbocycles. The number of nitrogens with zero attached hydrogens (tertiary/aromatic N) is 1. The fraction of sp³-hybridized carbons (Fsp3) is 0.240. The lowest BCUT2D eigenvalue weighted by Gasteiger charge is -2.16. The molecule has 4 aromatic rings. The van der Waals surface area contributed by atoms with Gasteiger partial charge >= 0.3 is 4.87 Å². The van der Waals surface area contributed by atoms with Gasteiger partial charge in [0.2, 0.25) is 10.0 Å². The van der Waals surface area contributed by atoms with E-state index in [2.05, 4.69) is 16.9 Å². The minimum Gasteiger partial charge on any atom is -0.294 e. The maximum absolute atomic E-state index is 13.1. The highest BCUT2D eigenvalue weighted by atomic mass is 35.5. The van der Waals surface area contributed by atoms with Gasteiger partial charge in [-0.05, 0) is 72.7 Å². The van der Waals surface area contributed by atoms with Crippen LogP contribution in [0.25, 0.3) is 10.2 Å². The summed E-state index contributed by atoms with van der Waals surface area (Å²) in [5, 5.41) is 0.590. The van der Waals surface area contributed by atoms with Crippen molar-refractivity contribution in [1.82, 2.24) is 9.29 Å². The van der Waals surface area contributed by atoms with Gasteiger partial charge < -0.3 is 0 Å². The Bertz CT molecular complexity index is 1520. The predicted molar refractivity (Wildman–Crippen MR) is 134 cm³/mol. The SMILES string of the molecule is CC(NS(=O)(=O)c1ccc2c(c1)sc(=O)n2Cc1ccccc1Cl)c1ccc2c(c1)CCC2. The van der Waals surface area contributed by atoms with Crippen LogP contribution in [-0.4, -0.2) is 13.0 Å². The molecule has 0 saturated heterocycles. The molecule has 1 heterocycles. The molecule has 0 aliphatic heterocycles. The molecule has 33 heavy (non-hydrogen) atoms. The smallest absolute Gasteiger partial charge is 0.294 e. The Balaban J connectivity index is 1.42. The Morgan fingerprint density at radius 2 is 1.85 bits per heavy atom. The quantitative estimate of drug-likeness (QED) is 0.392. The molecule has 1 aliphatic rings. The molecule has 5 rings (SSSR count). The molecule has 1 unspecified atom stereocenters. The van der Waals surface area contributed by atoms with Gasteiger partial charge in [0.25, 0.3) is 0 Å². The molecule has 0 bridgehead atoms. The molecular weight excluding hydrogens is 476 g/mol. The van der Waals surface area contributed by atoms with Crippen LogP contribution in [0.3, 0.4) is 0 Å². The van der Waals surface area contributed by atoms with Crippen molar-refractivity contribution in [1.29, 1.82) is 0 Å². The standard InChI is InChI=1S/C25H23ClN2O3S2/c1-16(18-10-9-17-6-4-7-19(17)13-18)27-33(30,31)21-11-12-23-24(14-21)32-25(29)28(23)15-20-5-2-3-8-22(20)26/h2-3,5,8-14,16,27H,4,6-7,15H2,1H3. The summed E-state index contributed by atoms with van der Waals surface area (Å²) in [6, 6.07) is 18.1. The van der Waals surface area contributed by atoms with Crippen LogP contribution in [0.15, 0.2) is 70.4 Å². The first-order valence-corrected chi connectivity index (χ1v) is 13.5. The van der Waals surface area contributed by atoms with Crippen LogP contribution in [0.1, 0.15) is 41.6 Å². The Morgan fingerprint density at radius 3 is 2.67 bits per heavy atom. The second kappa shape index (κ2) is 8.72. The van der Waals surface area contributed by atoms with Gasteiger partial charge in [-0.15, -0.1) is 0 Å². The van der Waals surface area contributed by atoms with Gasteiger partial charge in [-0.1, -0.05) is 59.3 Å². The Hall–Kier alpha value is -2.45. The van der Waals surface area contributed by atoms with Gasteiger partial charge in [0.15, 0.2) is 0 Å². The van der Waals surface area contributed by atoms with Crippen molar-refractivity contribution in [2.24, 2.45) is 0 Å². The number of thiazole rings is 1. The van der Waals surface area contributed by atoms with Crippen LogP contribution in [0.2, 0.25) is 5.02 Å². The van der Waals surface area contributed by atoms with Crippen LogP contribution in [0.4, 0.5) is 0 Å². The number of aromatic nitrogens is 1. The van der Waals surface area contributed by atoms with E-state index in [9.17, 15) is 13.2 Å². The highest BCUT2D eigenvalue weighted by Gasteiger charge is 2.21. The van der Waals surface area contributed by atoms with Gasteiger partial charge in [0.1, 0.15) is 0 Å². The van der Waals surface area contributed by atoms with E-state index in [1.54, 1.807) is 28.8 Å². The van der Waals surface area contributed by atoms with Gasteiger partial charge in [-0.3, -0.25) is 9.36 Å². The molecule has 0 amide bonds. The number of benzene rings is 3. The normalized spacial score (nSPS) is 14.5. The van der Waals surface area contributed by atoms with Crippen molar-refractivity contribution < 1.29 is 8.42 Å². The molecule has 1 N–H and O–H groups in total. The topological polar surface area (TPSA) is 68.2 Å². The third-order valence-corrected chi connectivity index (χ3v) is 9.04. The summed E-state index contributed by atoms with van der Waals surface area (Å²) in [5.74, 6) is 0. The number of hydrogen-bond acceptors (Lipinski definition) is 4. The zero-order valence-electron chi connectivity index (χ0n) is 18.0. The summed E-state index contributed by atoms with van der Waals surface area (Å²) in [6.45, 7) is 2.18. The summed E-state index contributed by atoms with van der Waals surface area (Å²) < 4.78 is 31.3. The van der Waals surface area contributed by atoms with Crippen LogP contribution in [-0.2, 0) is 29.4 Å². The molecule has 170 valence electrons. The zero-order valence-corrected chi connectivity index (χ0v) is 20.4. The first kappa shape index (κ1) is 22.3. The fourth-order valence-electron chi connectivity index (χ4n) is 4.39. The van der Waals surface area contributed by atoms with Crippen molar-refractivity contribution >= 4 is 43.2 Å². The Labute approximate surface area is 201 Å². The molecule has 0 spiro atoms. The number of rotatable bonds is 6. The number of halogens is 1. The van der Waals surface area contributed by atoms with E-state index in [0.29, 0.717) is 21.8 Å². The van der Waals surface area contributed by atoms with Crippen LogP contribution in [0, 0.1) is 0 Å². The minimum absolute atomic E-state index is 0.147. The van der Waals surface area contributed by atoms with Gasteiger partial charge in [0, 0.05) is 11.1 Å². The molecule has 5 nitrogen and oxygen atoms in total. The van der Waals surface area contributed by atoms with Crippen LogP contribution in [0.5, 0.6) is 0 Å². The van der Waals surface area contributed by atoms with Gasteiger partial charge in [-0.2, -0.15) is 0 Å². The predicted octanol–water partition coefficient (Wildman–Crippen LogP) is 5.29. The van der Waals surface area contributed by atoms with E-state index >= 15 is 0 Å². The van der Waals surface area contributed by atoms with Crippen molar-refractivity contribution in [2.75, 3.05) is 0 Å². The number of aryl methyl sites for hydroxylation is 2. The largest absolute Gasteiger partial charge is 0.308 e. The lowest BCUT2D eigenvalue weighted by molar-refractivity contribution is 0.567. The summed E-state index contributed by atoms with van der Waals surface area (Å²) in [6.07, 6.45) is 3.29. The number of hydrogen-bond donors (Lipinski definition) is 1. The van der Waals surface area contributed by atoms with Crippen molar-refractivity contribution in [3.05, 3.63) is 97.6 Å². The molecule has 3 aromatic carbocycles. The first-order chi connectivity index (χ1) is 15.8. The molecule has 8 heteroatoms. The summed E-state index contributed by atoms with van der Waals surface area (Å²) in [5.41, 5.74) is 5.15. The van der Waals surface area contributed by atoms with E-state index in [1.807, 2.05) is 31.2 Å². The number of nitrogens with one attached hydrogen (secondary N) is 1.